The maximum atomic E-state index is 9.52. The summed E-state index contributed by atoms with van der Waals surface area (Å²) in [5.74, 6) is 0. The van der Waals surface area contributed by atoms with Gasteiger partial charge in [0.15, 0.2) is 0 Å². The maximum Gasteiger partial charge on any atom is 0.0985 e. The van der Waals surface area contributed by atoms with E-state index in [1.165, 1.54) is 0 Å². The van der Waals surface area contributed by atoms with Crippen LogP contribution in [0, 0.1) is 0 Å². The van der Waals surface area contributed by atoms with Crippen molar-refractivity contribution in [2.24, 2.45) is 0 Å². The summed E-state index contributed by atoms with van der Waals surface area (Å²) in [6.07, 6.45) is 3.58. The number of aliphatic hydroxyl groups excluding tert-OH is 1. The Morgan fingerprint density at radius 2 is 2.36 bits per heavy atom. The average molecular weight is 156 g/mol. The minimum Gasteiger partial charge on any atom is -0.386 e. The molecule has 0 aromatic rings. The van der Waals surface area contributed by atoms with E-state index in [1.807, 2.05) is 19.9 Å². The minimum absolute atomic E-state index is 0.0462. The summed E-state index contributed by atoms with van der Waals surface area (Å²) < 4.78 is 5.32. The van der Waals surface area contributed by atoms with Gasteiger partial charge in [0.2, 0.25) is 0 Å². The summed E-state index contributed by atoms with van der Waals surface area (Å²) in [5.41, 5.74) is 1.15. The molecule has 1 aliphatic rings. The summed E-state index contributed by atoms with van der Waals surface area (Å²) in [4.78, 5) is 0. The van der Waals surface area contributed by atoms with Crippen molar-refractivity contribution in [1.29, 1.82) is 0 Å². The second kappa shape index (κ2) is 3.88. The average Bonchev–Trinajstić information content (AvgIpc) is 2.35. The zero-order chi connectivity index (χ0) is 8.27. The van der Waals surface area contributed by atoms with E-state index in [1.54, 1.807) is 0 Å². The van der Waals surface area contributed by atoms with Gasteiger partial charge in [0.05, 0.1) is 12.2 Å². The predicted molar refractivity (Wildman–Crippen MR) is 44.4 cm³/mol. The van der Waals surface area contributed by atoms with Crippen LogP contribution in [0.3, 0.4) is 0 Å². The summed E-state index contributed by atoms with van der Waals surface area (Å²) in [6, 6.07) is 0. The highest BCUT2D eigenvalue weighted by molar-refractivity contribution is 5.00. The SMILES string of the molecule is CC(C)=CC(O)C1CCCO1. The highest BCUT2D eigenvalue weighted by Gasteiger charge is 2.21. The summed E-state index contributed by atoms with van der Waals surface area (Å²) in [6.45, 7) is 4.77. The van der Waals surface area contributed by atoms with E-state index in [0.717, 1.165) is 25.0 Å². The summed E-state index contributed by atoms with van der Waals surface area (Å²) in [7, 11) is 0. The first-order chi connectivity index (χ1) is 5.20. The molecule has 0 saturated carbocycles. The molecule has 0 spiro atoms. The largest absolute Gasteiger partial charge is 0.386 e. The van der Waals surface area contributed by atoms with E-state index in [0.29, 0.717) is 0 Å². The molecule has 11 heavy (non-hydrogen) atoms. The minimum atomic E-state index is -0.400. The van der Waals surface area contributed by atoms with E-state index in [4.69, 9.17) is 4.74 Å². The number of rotatable bonds is 2. The van der Waals surface area contributed by atoms with Crippen LogP contribution in [-0.4, -0.2) is 23.9 Å². The number of hydrogen-bond acceptors (Lipinski definition) is 2. The number of aliphatic hydroxyl groups is 1. The number of ether oxygens (including phenoxy) is 1. The Labute approximate surface area is 67.9 Å². The van der Waals surface area contributed by atoms with Crippen LogP contribution in [0.5, 0.6) is 0 Å². The van der Waals surface area contributed by atoms with Crippen molar-refractivity contribution in [3.05, 3.63) is 11.6 Å². The van der Waals surface area contributed by atoms with Crippen LogP contribution in [0.25, 0.3) is 0 Å². The first-order valence-electron chi connectivity index (χ1n) is 4.15. The van der Waals surface area contributed by atoms with Crippen molar-refractivity contribution in [3.63, 3.8) is 0 Å². The molecule has 1 rings (SSSR count). The van der Waals surface area contributed by atoms with Gasteiger partial charge in [-0.05, 0) is 26.7 Å². The molecule has 1 saturated heterocycles. The molecule has 0 aliphatic carbocycles. The van der Waals surface area contributed by atoms with Crippen LogP contribution in [-0.2, 0) is 4.74 Å². The highest BCUT2D eigenvalue weighted by atomic mass is 16.5. The third-order valence-electron chi connectivity index (χ3n) is 1.85. The van der Waals surface area contributed by atoms with Gasteiger partial charge in [-0.15, -0.1) is 0 Å². The van der Waals surface area contributed by atoms with Crippen LogP contribution in [0.1, 0.15) is 26.7 Å². The second-order valence-electron chi connectivity index (χ2n) is 3.29. The van der Waals surface area contributed by atoms with Gasteiger partial charge in [0.1, 0.15) is 0 Å². The standard InChI is InChI=1S/C9H16O2/c1-7(2)6-8(10)9-4-3-5-11-9/h6,8-10H,3-5H2,1-2H3. The monoisotopic (exact) mass is 156 g/mol. The van der Waals surface area contributed by atoms with Crippen LogP contribution >= 0.6 is 0 Å². The fourth-order valence-corrected chi connectivity index (χ4v) is 1.32. The van der Waals surface area contributed by atoms with Crippen LogP contribution in [0.4, 0.5) is 0 Å². The molecule has 0 radical (unpaired) electrons. The molecule has 1 fully saturated rings. The van der Waals surface area contributed by atoms with Crippen LogP contribution in [0.2, 0.25) is 0 Å². The molecule has 1 aliphatic heterocycles. The molecule has 2 heteroatoms. The topological polar surface area (TPSA) is 29.5 Å². The van der Waals surface area contributed by atoms with E-state index in [-0.39, 0.29) is 6.10 Å². The molecule has 64 valence electrons. The molecule has 0 aromatic carbocycles. The van der Waals surface area contributed by atoms with E-state index >= 15 is 0 Å². The quantitative estimate of drug-likeness (QED) is 0.614. The Balaban J connectivity index is 2.40. The Hall–Kier alpha value is -0.340. The third kappa shape index (κ3) is 2.64. The lowest BCUT2D eigenvalue weighted by Crippen LogP contribution is -2.22. The fourth-order valence-electron chi connectivity index (χ4n) is 1.32. The first kappa shape index (κ1) is 8.75. The zero-order valence-corrected chi connectivity index (χ0v) is 7.21. The van der Waals surface area contributed by atoms with Gasteiger partial charge >= 0.3 is 0 Å². The number of allylic oxidation sites excluding steroid dienone is 1. The molecule has 2 nitrogen and oxygen atoms in total. The van der Waals surface area contributed by atoms with Crippen molar-refractivity contribution in [1.82, 2.24) is 0 Å². The molecule has 0 bridgehead atoms. The normalized spacial score (nSPS) is 26.6. The van der Waals surface area contributed by atoms with Crippen molar-refractivity contribution >= 4 is 0 Å². The highest BCUT2D eigenvalue weighted by Crippen LogP contribution is 2.16. The van der Waals surface area contributed by atoms with Gasteiger partial charge in [-0.1, -0.05) is 11.6 Å². The number of hydrogen-bond donors (Lipinski definition) is 1. The lowest BCUT2D eigenvalue weighted by atomic mass is 10.1. The summed E-state index contributed by atoms with van der Waals surface area (Å²) >= 11 is 0. The zero-order valence-electron chi connectivity index (χ0n) is 7.21. The van der Waals surface area contributed by atoms with Gasteiger partial charge in [-0.2, -0.15) is 0 Å². The molecule has 0 aromatic heterocycles. The second-order valence-corrected chi connectivity index (χ2v) is 3.29. The Morgan fingerprint density at radius 3 is 2.82 bits per heavy atom. The maximum absolute atomic E-state index is 9.52. The molecule has 2 unspecified atom stereocenters. The molecule has 0 amide bonds. The Morgan fingerprint density at radius 1 is 1.64 bits per heavy atom. The molecule has 2 atom stereocenters. The van der Waals surface area contributed by atoms with Crippen LogP contribution in [0.15, 0.2) is 11.6 Å². The Bertz CT molecular complexity index is 142. The fraction of sp³-hybridized carbons (Fsp3) is 0.778. The van der Waals surface area contributed by atoms with Gasteiger partial charge in [-0.25, -0.2) is 0 Å². The molecular weight excluding hydrogens is 140 g/mol. The first-order valence-corrected chi connectivity index (χ1v) is 4.15. The molecular formula is C9H16O2. The van der Waals surface area contributed by atoms with Gasteiger partial charge in [0.25, 0.3) is 0 Å². The van der Waals surface area contributed by atoms with E-state index in [2.05, 4.69) is 0 Å². The van der Waals surface area contributed by atoms with Gasteiger partial charge < -0.3 is 9.84 Å². The van der Waals surface area contributed by atoms with E-state index < -0.39 is 6.10 Å². The summed E-state index contributed by atoms with van der Waals surface area (Å²) in [5, 5.41) is 9.52. The van der Waals surface area contributed by atoms with Crippen molar-refractivity contribution in [2.75, 3.05) is 6.61 Å². The van der Waals surface area contributed by atoms with Crippen molar-refractivity contribution < 1.29 is 9.84 Å². The van der Waals surface area contributed by atoms with Crippen LogP contribution < -0.4 is 0 Å². The van der Waals surface area contributed by atoms with Crippen molar-refractivity contribution in [3.8, 4) is 0 Å². The lowest BCUT2D eigenvalue weighted by Gasteiger charge is -2.13. The lowest BCUT2D eigenvalue weighted by molar-refractivity contribution is 0.0224. The third-order valence-corrected chi connectivity index (χ3v) is 1.85. The molecule has 1 N–H and O–H groups in total. The van der Waals surface area contributed by atoms with Gasteiger partial charge in [-0.3, -0.25) is 0 Å². The van der Waals surface area contributed by atoms with Gasteiger partial charge in [0, 0.05) is 6.61 Å². The van der Waals surface area contributed by atoms with Crippen molar-refractivity contribution in [2.45, 2.75) is 38.9 Å². The smallest absolute Gasteiger partial charge is 0.0985 e. The van der Waals surface area contributed by atoms with E-state index in [9.17, 15) is 5.11 Å². The Kier molecular flexibility index (Phi) is 3.09. The predicted octanol–water partition coefficient (Wildman–Crippen LogP) is 1.49. The molecule has 1 heterocycles.